The Morgan fingerprint density at radius 2 is 1.69 bits per heavy atom. The fourth-order valence-corrected chi connectivity index (χ4v) is 2.66. The smallest absolute Gasteiger partial charge is 0.416 e. The molecule has 0 aliphatic heterocycles. The summed E-state index contributed by atoms with van der Waals surface area (Å²) in [5.41, 5.74) is 3.66. The summed E-state index contributed by atoms with van der Waals surface area (Å²) in [5, 5.41) is 6.73. The lowest BCUT2D eigenvalue weighted by molar-refractivity contribution is -0.137. The van der Waals surface area contributed by atoms with Crippen molar-refractivity contribution in [3.63, 3.8) is 0 Å². The summed E-state index contributed by atoms with van der Waals surface area (Å²) >= 11 is 0. The van der Waals surface area contributed by atoms with Crippen LogP contribution in [0.1, 0.15) is 11.1 Å². The summed E-state index contributed by atoms with van der Waals surface area (Å²) < 4.78 is 48.6. The van der Waals surface area contributed by atoms with Crippen molar-refractivity contribution in [2.75, 3.05) is 24.5 Å². The number of nitrogens with one attached hydrogen (secondary N) is 2. The number of halogens is 3. The van der Waals surface area contributed by atoms with Gasteiger partial charge in [-0.1, -0.05) is 18.2 Å². The third-order valence-electron chi connectivity index (χ3n) is 4.22. The van der Waals surface area contributed by atoms with Crippen LogP contribution < -0.4 is 20.2 Å². The first-order valence-electron chi connectivity index (χ1n) is 9.47. The molecule has 0 fully saturated rings. The van der Waals surface area contributed by atoms with Gasteiger partial charge in [0, 0.05) is 5.69 Å². The van der Waals surface area contributed by atoms with Crippen molar-refractivity contribution < 1.29 is 27.4 Å². The molecule has 3 aromatic carbocycles. The Balaban J connectivity index is 1.56. The van der Waals surface area contributed by atoms with Gasteiger partial charge in [0.1, 0.15) is 0 Å². The van der Waals surface area contributed by atoms with Crippen molar-refractivity contribution in [3.8, 4) is 11.5 Å². The predicted molar refractivity (Wildman–Crippen MR) is 116 cm³/mol. The van der Waals surface area contributed by atoms with Gasteiger partial charge in [0.15, 0.2) is 18.1 Å². The second kappa shape index (κ2) is 10.3. The lowest BCUT2D eigenvalue weighted by Crippen LogP contribution is -2.20. The highest BCUT2D eigenvalue weighted by Gasteiger charge is 2.29. The minimum Gasteiger partial charge on any atom is -0.493 e. The summed E-state index contributed by atoms with van der Waals surface area (Å²) in [4.78, 5) is 12.0. The number of amides is 1. The Bertz CT molecular complexity index is 1070. The van der Waals surface area contributed by atoms with Gasteiger partial charge >= 0.3 is 6.18 Å². The normalized spacial score (nSPS) is 11.2. The summed E-state index contributed by atoms with van der Waals surface area (Å²) in [6, 6.07) is 18.5. The second-order valence-corrected chi connectivity index (χ2v) is 6.56. The first-order valence-corrected chi connectivity index (χ1v) is 9.47. The number of para-hydroxylation sites is 1. The maximum absolute atomic E-state index is 12.6. The van der Waals surface area contributed by atoms with E-state index in [1.807, 2.05) is 18.2 Å². The van der Waals surface area contributed by atoms with Crippen LogP contribution >= 0.6 is 0 Å². The zero-order valence-electron chi connectivity index (χ0n) is 17.0. The van der Waals surface area contributed by atoms with Gasteiger partial charge in [-0.3, -0.25) is 10.2 Å². The van der Waals surface area contributed by atoms with Crippen LogP contribution in [0.25, 0.3) is 0 Å². The van der Waals surface area contributed by atoms with E-state index in [1.54, 1.807) is 30.3 Å². The fraction of sp³-hybridized carbons (Fsp3) is 0.130. The Morgan fingerprint density at radius 1 is 0.969 bits per heavy atom. The maximum atomic E-state index is 12.6. The van der Waals surface area contributed by atoms with Gasteiger partial charge in [-0.15, -0.1) is 0 Å². The summed E-state index contributed by atoms with van der Waals surface area (Å²) in [7, 11) is 1.47. The molecule has 3 rings (SSSR count). The van der Waals surface area contributed by atoms with Gasteiger partial charge in [-0.25, -0.2) is 0 Å². The van der Waals surface area contributed by atoms with Crippen molar-refractivity contribution in [3.05, 3.63) is 83.9 Å². The molecular formula is C23H20F3N3O3. The van der Waals surface area contributed by atoms with E-state index in [-0.39, 0.29) is 12.5 Å². The molecule has 0 aliphatic carbocycles. The molecule has 6 nitrogen and oxygen atoms in total. The van der Waals surface area contributed by atoms with Gasteiger partial charge in [0.05, 0.1) is 24.6 Å². The topological polar surface area (TPSA) is 71.9 Å². The Labute approximate surface area is 182 Å². The number of methoxy groups -OCH3 is 1. The average molecular weight is 443 g/mol. The van der Waals surface area contributed by atoms with Crippen LogP contribution in [0.4, 0.5) is 24.5 Å². The molecule has 0 spiro atoms. The van der Waals surface area contributed by atoms with E-state index in [4.69, 9.17) is 9.47 Å². The van der Waals surface area contributed by atoms with Crippen LogP contribution in [0.2, 0.25) is 0 Å². The van der Waals surface area contributed by atoms with E-state index in [0.717, 1.165) is 12.1 Å². The van der Waals surface area contributed by atoms with Gasteiger partial charge in [0.2, 0.25) is 0 Å². The molecule has 0 unspecified atom stereocenters. The molecule has 0 radical (unpaired) electrons. The molecule has 1 amide bonds. The maximum Gasteiger partial charge on any atom is 0.416 e. The molecular weight excluding hydrogens is 423 g/mol. The molecule has 0 heterocycles. The van der Waals surface area contributed by atoms with Crippen molar-refractivity contribution in [2.45, 2.75) is 6.18 Å². The van der Waals surface area contributed by atoms with Crippen LogP contribution in [0.5, 0.6) is 11.5 Å². The molecule has 0 atom stereocenters. The zero-order chi connectivity index (χ0) is 23.0. The fourth-order valence-electron chi connectivity index (χ4n) is 2.66. The molecule has 9 heteroatoms. The molecule has 0 bridgehead atoms. The molecule has 0 aromatic heterocycles. The number of hydrogen-bond acceptors (Lipinski definition) is 5. The monoisotopic (exact) mass is 443 g/mol. The lowest BCUT2D eigenvalue weighted by Gasteiger charge is -2.11. The van der Waals surface area contributed by atoms with Crippen LogP contribution in [-0.4, -0.2) is 25.8 Å². The number of benzene rings is 3. The van der Waals surface area contributed by atoms with Gasteiger partial charge in [0.25, 0.3) is 5.91 Å². The molecule has 0 saturated heterocycles. The highest BCUT2D eigenvalue weighted by atomic mass is 19.4. The number of anilines is 2. The first-order chi connectivity index (χ1) is 15.3. The standard InChI is InChI=1S/C23H20F3N3O3/c1-31-21-13-16(14-27-29-19-10-8-17(9-11-19)23(24,25)26)7-12-20(21)32-15-22(30)28-18-5-3-2-4-6-18/h2-14,29H,15H2,1H3,(H,28,30). The minimum absolute atomic E-state index is 0.200. The number of ether oxygens (including phenoxy) is 2. The number of nitrogens with zero attached hydrogens (tertiary/aromatic N) is 1. The van der Waals surface area contributed by atoms with E-state index >= 15 is 0 Å². The van der Waals surface area contributed by atoms with E-state index < -0.39 is 11.7 Å². The largest absolute Gasteiger partial charge is 0.493 e. The average Bonchev–Trinajstić information content (AvgIpc) is 2.78. The highest BCUT2D eigenvalue weighted by molar-refractivity contribution is 5.91. The number of rotatable bonds is 8. The second-order valence-electron chi connectivity index (χ2n) is 6.56. The lowest BCUT2D eigenvalue weighted by atomic mass is 10.2. The first kappa shape index (κ1) is 22.7. The van der Waals surface area contributed by atoms with Gasteiger partial charge in [-0.05, 0) is 60.2 Å². The number of alkyl halides is 3. The third kappa shape index (κ3) is 6.49. The number of carbonyl (C=O) groups excluding carboxylic acids is 1. The molecule has 3 aromatic rings. The van der Waals surface area contributed by atoms with Crippen LogP contribution in [-0.2, 0) is 11.0 Å². The highest BCUT2D eigenvalue weighted by Crippen LogP contribution is 2.30. The van der Waals surface area contributed by atoms with Crippen molar-refractivity contribution >= 4 is 23.5 Å². The van der Waals surface area contributed by atoms with Crippen molar-refractivity contribution in [2.24, 2.45) is 5.10 Å². The quantitative estimate of drug-likeness (QED) is 0.372. The van der Waals surface area contributed by atoms with Crippen LogP contribution in [0.3, 0.4) is 0 Å². The van der Waals surface area contributed by atoms with E-state index in [1.165, 1.54) is 25.5 Å². The predicted octanol–water partition coefficient (Wildman–Crippen LogP) is 5.18. The van der Waals surface area contributed by atoms with Crippen LogP contribution in [0, 0.1) is 0 Å². The summed E-state index contributed by atoms with van der Waals surface area (Å²) in [5.74, 6) is 0.462. The van der Waals surface area contributed by atoms with E-state index in [9.17, 15) is 18.0 Å². The molecule has 166 valence electrons. The van der Waals surface area contributed by atoms with Crippen molar-refractivity contribution in [1.29, 1.82) is 0 Å². The molecule has 32 heavy (non-hydrogen) atoms. The van der Waals surface area contributed by atoms with E-state index in [0.29, 0.717) is 28.4 Å². The number of carbonyl (C=O) groups is 1. The van der Waals surface area contributed by atoms with E-state index in [2.05, 4.69) is 15.8 Å². The molecule has 2 N–H and O–H groups in total. The van der Waals surface area contributed by atoms with Crippen molar-refractivity contribution in [1.82, 2.24) is 0 Å². The Kier molecular flexibility index (Phi) is 7.33. The zero-order valence-corrected chi connectivity index (χ0v) is 17.0. The SMILES string of the molecule is COc1cc(C=NNc2ccc(C(F)(F)F)cc2)ccc1OCC(=O)Nc1ccccc1. The minimum atomic E-state index is -4.38. The Morgan fingerprint density at radius 3 is 2.34 bits per heavy atom. The van der Waals surface area contributed by atoms with Gasteiger partial charge in [-0.2, -0.15) is 18.3 Å². The summed E-state index contributed by atoms with van der Waals surface area (Å²) in [6.07, 6.45) is -2.91. The molecule has 0 aliphatic rings. The third-order valence-corrected chi connectivity index (χ3v) is 4.22. The van der Waals surface area contributed by atoms with Crippen LogP contribution in [0.15, 0.2) is 77.9 Å². The Hall–Kier alpha value is -4.01. The number of hydrogen-bond donors (Lipinski definition) is 2. The summed E-state index contributed by atoms with van der Waals surface area (Å²) in [6.45, 7) is -0.200. The molecule has 0 saturated carbocycles. The van der Waals surface area contributed by atoms with Gasteiger partial charge < -0.3 is 14.8 Å². The number of hydrazone groups is 1.